The molecule has 2 N–H and O–H groups in total. The topological polar surface area (TPSA) is 116 Å². The Morgan fingerprint density at radius 1 is 1.45 bits per heavy atom. The lowest BCUT2D eigenvalue weighted by Crippen LogP contribution is -2.43. The fourth-order valence-corrected chi connectivity index (χ4v) is 2.50. The number of carboxylic acids is 1. The van der Waals surface area contributed by atoms with Crippen LogP contribution in [0.2, 0.25) is 0 Å². The minimum Gasteiger partial charge on any atom is -0.480 e. The first-order valence-electron chi connectivity index (χ1n) is 6.19. The number of hydrogen-bond acceptors (Lipinski definition) is 5. The van der Waals surface area contributed by atoms with Gasteiger partial charge in [-0.25, -0.2) is 4.79 Å². The van der Waals surface area contributed by atoms with Crippen molar-refractivity contribution < 1.29 is 14.8 Å². The number of hydrogen-bond donors (Lipinski definition) is 2. The van der Waals surface area contributed by atoms with E-state index >= 15 is 0 Å². The molecule has 1 aliphatic carbocycles. The maximum absolute atomic E-state index is 11.4. The summed E-state index contributed by atoms with van der Waals surface area (Å²) in [5, 5.41) is 31.9. The minimum atomic E-state index is -1.07. The zero-order valence-corrected chi connectivity index (χ0v) is 10.6. The van der Waals surface area contributed by atoms with Crippen molar-refractivity contribution in [2.24, 2.45) is 0 Å². The number of nitriles is 1. The van der Waals surface area contributed by atoms with Gasteiger partial charge in [0.05, 0.1) is 4.92 Å². The molecule has 2 rings (SSSR count). The van der Waals surface area contributed by atoms with Gasteiger partial charge in [-0.2, -0.15) is 5.26 Å². The largest absolute Gasteiger partial charge is 0.480 e. The minimum absolute atomic E-state index is 0.0450. The SMILES string of the molecule is N#Cc1ccc(NC2(C(=O)O)CCCC2)cc1[N+](=O)[O-]. The van der Waals surface area contributed by atoms with Crippen molar-refractivity contribution in [1.29, 1.82) is 5.26 Å². The number of benzene rings is 1. The predicted molar refractivity (Wildman–Crippen MR) is 70.3 cm³/mol. The molecule has 0 saturated heterocycles. The summed E-state index contributed by atoms with van der Waals surface area (Å²) in [7, 11) is 0. The van der Waals surface area contributed by atoms with Gasteiger partial charge in [-0.1, -0.05) is 12.8 Å². The molecule has 0 radical (unpaired) electrons. The summed E-state index contributed by atoms with van der Waals surface area (Å²) >= 11 is 0. The Hall–Kier alpha value is -2.62. The number of nitro benzene ring substituents is 1. The molecule has 0 aliphatic heterocycles. The molecule has 0 bridgehead atoms. The van der Waals surface area contributed by atoms with Crippen molar-refractivity contribution in [2.45, 2.75) is 31.2 Å². The molecule has 1 aromatic carbocycles. The first-order valence-corrected chi connectivity index (χ1v) is 6.19. The van der Waals surface area contributed by atoms with Gasteiger partial charge >= 0.3 is 5.97 Å². The number of anilines is 1. The normalized spacial score (nSPS) is 16.4. The summed E-state index contributed by atoms with van der Waals surface area (Å²) in [5.74, 6) is -0.956. The summed E-state index contributed by atoms with van der Waals surface area (Å²) in [6, 6.07) is 5.77. The van der Waals surface area contributed by atoms with E-state index in [4.69, 9.17) is 5.26 Å². The van der Waals surface area contributed by atoms with E-state index in [0.29, 0.717) is 18.5 Å². The number of nitrogens with one attached hydrogen (secondary N) is 1. The number of nitrogens with zero attached hydrogens (tertiary/aromatic N) is 2. The number of aliphatic carboxylic acids is 1. The van der Waals surface area contributed by atoms with E-state index in [2.05, 4.69) is 5.32 Å². The molecule has 104 valence electrons. The lowest BCUT2D eigenvalue weighted by molar-refractivity contribution is -0.385. The summed E-state index contributed by atoms with van der Waals surface area (Å²) in [5.41, 5.74) is -1.09. The van der Waals surface area contributed by atoms with Gasteiger partial charge in [-0.05, 0) is 25.0 Å². The van der Waals surface area contributed by atoms with Gasteiger partial charge in [0.2, 0.25) is 0 Å². The summed E-state index contributed by atoms with van der Waals surface area (Å²) < 4.78 is 0. The van der Waals surface area contributed by atoms with Crippen LogP contribution in [0.3, 0.4) is 0 Å². The molecule has 20 heavy (non-hydrogen) atoms. The third-order valence-corrected chi connectivity index (χ3v) is 3.56. The lowest BCUT2D eigenvalue weighted by Gasteiger charge is -2.26. The Morgan fingerprint density at radius 2 is 2.10 bits per heavy atom. The van der Waals surface area contributed by atoms with Crippen molar-refractivity contribution in [3.63, 3.8) is 0 Å². The Morgan fingerprint density at radius 3 is 2.60 bits per heavy atom. The Kier molecular flexibility index (Phi) is 3.57. The molecule has 0 amide bonds. The first-order chi connectivity index (χ1) is 9.48. The predicted octanol–water partition coefficient (Wildman–Crippen LogP) is 2.28. The molecule has 1 saturated carbocycles. The van der Waals surface area contributed by atoms with Gasteiger partial charge in [0.1, 0.15) is 17.2 Å². The molecule has 0 unspecified atom stereocenters. The van der Waals surface area contributed by atoms with E-state index in [-0.39, 0.29) is 11.3 Å². The Bertz CT molecular complexity index is 600. The second-order valence-corrected chi connectivity index (χ2v) is 4.82. The Balaban J connectivity index is 2.35. The van der Waals surface area contributed by atoms with Crippen LogP contribution in [0.25, 0.3) is 0 Å². The molecule has 1 aliphatic rings. The quantitative estimate of drug-likeness (QED) is 0.643. The highest BCUT2D eigenvalue weighted by atomic mass is 16.6. The average molecular weight is 275 g/mol. The summed E-state index contributed by atoms with van der Waals surface area (Å²) in [6.07, 6.45) is 2.57. The van der Waals surface area contributed by atoms with E-state index in [0.717, 1.165) is 12.8 Å². The molecule has 7 nitrogen and oxygen atoms in total. The van der Waals surface area contributed by atoms with Crippen LogP contribution in [0.1, 0.15) is 31.2 Å². The van der Waals surface area contributed by atoms with Gasteiger partial charge in [0.15, 0.2) is 0 Å². The Labute approximate surface area is 115 Å². The fraction of sp³-hybridized carbons (Fsp3) is 0.385. The van der Waals surface area contributed by atoms with Crippen molar-refractivity contribution in [3.05, 3.63) is 33.9 Å². The van der Waals surface area contributed by atoms with E-state index < -0.39 is 16.4 Å². The van der Waals surface area contributed by atoms with Crippen LogP contribution in [0.15, 0.2) is 18.2 Å². The molecule has 0 spiro atoms. The van der Waals surface area contributed by atoms with Gasteiger partial charge in [-0.3, -0.25) is 10.1 Å². The van der Waals surface area contributed by atoms with Crippen molar-refractivity contribution in [2.75, 3.05) is 5.32 Å². The molecular formula is C13H13N3O4. The van der Waals surface area contributed by atoms with Crippen LogP contribution in [0.5, 0.6) is 0 Å². The number of carbonyl (C=O) groups is 1. The van der Waals surface area contributed by atoms with Gasteiger partial charge in [0, 0.05) is 11.8 Å². The van der Waals surface area contributed by atoms with Crippen LogP contribution in [0.4, 0.5) is 11.4 Å². The smallest absolute Gasteiger partial charge is 0.329 e. The van der Waals surface area contributed by atoms with Gasteiger partial charge < -0.3 is 10.4 Å². The summed E-state index contributed by atoms with van der Waals surface area (Å²) in [4.78, 5) is 21.7. The fourth-order valence-electron chi connectivity index (χ4n) is 2.50. The van der Waals surface area contributed by atoms with Crippen LogP contribution < -0.4 is 5.32 Å². The zero-order chi connectivity index (χ0) is 14.8. The number of carboxylic acid groups (broad SMARTS) is 1. The van der Waals surface area contributed by atoms with E-state index in [1.807, 2.05) is 0 Å². The molecule has 7 heteroatoms. The van der Waals surface area contributed by atoms with E-state index in [1.54, 1.807) is 6.07 Å². The maximum atomic E-state index is 11.4. The second kappa shape index (κ2) is 5.17. The van der Waals surface area contributed by atoms with Crippen LogP contribution in [0, 0.1) is 21.4 Å². The number of rotatable bonds is 4. The molecule has 0 heterocycles. The maximum Gasteiger partial charge on any atom is 0.329 e. The van der Waals surface area contributed by atoms with Crippen LogP contribution in [-0.4, -0.2) is 21.5 Å². The van der Waals surface area contributed by atoms with Gasteiger partial charge in [0.25, 0.3) is 5.69 Å². The van der Waals surface area contributed by atoms with Crippen molar-refractivity contribution >= 4 is 17.3 Å². The third kappa shape index (κ3) is 2.40. The lowest BCUT2D eigenvalue weighted by atomic mass is 9.97. The monoisotopic (exact) mass is 275 g/mol. The standard InChI is InChI=1S/C13H13N3O4/c14-8-9-3-4-10(7-11(9)16(19)20)15-13(12(17)18)5-1-2-6-13/h3-4,7,15H,1-2,5-6H2,(H,17,18). The van der Waals surface area contributed by atoms with Crippen molar-refractivity contribution in [1.82, 2.24) is 0 Å². The first kappa shape index (κ1) is 13.8. The summed E-state index contributed by atoms with van der Waals surface area (Å²) in [6.45, 7) is 0. The van der Waals surface area contributed by atoms with Crippen molar-refractivity contribution in [3.8, 4) is 6.07 Å². The van der Waals surface area contributed by atoms with Crippen LogP contribution in [-0.2, 0) is 4.79 Å². The highest BCUT2D eigenvalue weighted by molar-refractivity contribution is 5.83. The molecule has 1 aromatic rings. The molecule has 1 fully saturated rings. The average Bonchev–Trinajstić information content (AvgIpc) is 2.88. The molecule has 0 atom stereocenters. The van der Waals surface area contributed by atoms with Gasteiger partial charge in [-0.15, -0.1) is 0 Å². The zero-order valence-electron chi connectivity index (χ0n) is 10.6. The van der Waals surface area contributed by atoms with Crippen LogP contribution >= 0.6 is 0 Å². The van der Waals surface area contributed by atoms with E-state index in [9.17, 15) is 20.0 Å². The molecular weight excluding hydrogens is 262 g/mol. The third-order valence-electron chi connectivity index (χ3n) is 3.56. The molecule has 0 aromatic heterocycles. The number of nitro groups is 1. The highest BCUT2D eigenvalue weighted by Crippen LogP contribution is 2.34. The van der Waals surface area contributed by atoms with E-state index in [1.165, 1.54) is 18.2 Å². The highest BCUT2D eigenvalue weighted by Gasteiger charge is 2.41. The second-order valence-electron chi connectivity index (χ2n) is 4.82.